The molecule has 0 saturated carbocycles. The van der Waals surface area contributed by atoms with Gasteiger partial charge in [0.2, 0.25) is 5.91 Å². The Morgan fingerprint density at radius 3 is 2.55 bits per heavy atom. The van der Waals surface area contributed by atoms with Crippen molar-refractivity contribution in [3.05, 3.63) is 36.4 Å². The molecule has 0 spiro atoms. The first-order valence-electron chi connectivity index (χ1n) is 10.6. The van der Waals surface area contributed by atoms with Crippen molar-refractivity contribution in [3.63, 3.8) is 0 Å². The van der Waals surface area contributed by atoms with Crippen molar-refractivity contribution in [2.75, 3.05) is 32.8 Å². The highest BCUT2D eigenvalue weighted by molar-refractivity contribution is 5.79. The van der Waals surface area contributed by atoms with Gasteiger partial charge in [0.1, 0.15) is 6.10 Å². The molecule has 2 aromatic heterocycles. The number of rotatable bonds is 4. The number of hydrogen-bond acceptors (Lipinski definition) is 5. The van der Waals surface area contributed by atoms with E-state index in [9.17, 15) is 4.79 Å². The van der Waals surface area contributed by atoms with Crippen molar-refractivity contribution in [2.24, 2.45) is 13.0 Å². The third-order valence-corrected chi connectivity index (χ3v) is 6.14. The van der Waals surface area contributed by atoms with E-state index in [0.717, 1.165) is 42.8 Å². The zero-order valence-electron chi connectivity index (χ0n) is 17.6. The highest BCUT2D eigenvalue weighted by atomic mass is 16.5. The van der Waals surface area contributed by atoms with E-state index in [1.54, 1.807) is 4.68 Å². The van der Waals surface area contributed by atoms with E-state index in [1.807, 2.05) is 42.7 Å². The number of likely N-dealkylation sites (tertiary alicyclic amines) is 1. The van der Waals surface area contributed by atoms with Crippen LogP contribution < -0.4 is 0 Å². The van der Waals surface area contributed by atoms with Gasteiger partial charge in [0, 0.05) is 49.1 Å². The van der Waals surface area contributed by atoms with Crippen LogP contribution in [0.3, 0.4) is 0 Å². The molecule has 156 valence electrons. The summed E-state index contributed by atoms with van der Waals surface area (Å²) in [7, 11) is 1.90. The number of nitrogens with zero attached hydrogens (tertiary/aromatic N) is 5. The summed E-state index contributed by atoms with van der Waals surface area (Å²) < 4.78 is 7.73. The number of piperidine rings is 1. The fourth-order valence-electron chi connectivity index (χ4n) is 4.29. The van der Waals surface area contributed by atoms with Crippen LogP contribution in [0, 0.1) is 5.92 Å². The predicted octanol–water partition coefficient (Wildman–Crippen LogP) is 2.50. The molecule has 0 aromatic carbocycles. The molecule has 2 saturated heterocycles. The van der Waals surface area contributed by atoms with E-state index in [2.05, 4.69) is 28.8 Å². The minimum absolute atomic E-state index is 0.143. The maximum atomic E-state index is 13.1. The van der Waals surface area contributed by atoms with Crippen molar-refractivity contribution in [2.45, 2.75) is 38.8 Å². The molecule has 2 aliphatic rings. The van der Waals surface area contributed by atoms with Crippen LogP contribution in [0.25, 0.3) is 11.1 Å². The van der Waals surface area contributed by atoms with Gasteiger partial charge in [-0.2, -0.15) is 5.10 Å². The van der Waals surface area contributed by atoms with E-state index >= 15 is 0 Å². The van der Waals surface area contributed by atoms with Crippen LogP contribution in [0.2, 0.25) is 0 Å². The Labute approximate surface area is 172 Å². The summed E-state index contributed by atoms with van der Waals surface area (Å²) in [5, 5.41) is 4.21. The first kappa shape index (κ1) is 20.0. The predicted molar refractivity (Wildman–Crippen MR) is 111 cm³/mol. The third kappa shape index (κ3) is 4.51. The quantitative estimate of drug-likeness (QED) is 0.793. The van der Waals surface area contributed by atoms with Gasteiger partial charge in [-0.05, 0) is 45.8 Å². The third-order valence-electron chi connectivity index (χ3n) is 6.14. The molecule has 4 rings (SSSR count). The summed E-state index contributed by atoms with van der Waals surface area (Å²) in [4.78, 5) is 22.1. The van der Waals surface area contributed by atoms with Crippen molar-refractivity contribution in [1.82, 2.24) is 24.6 Å². The zero-order chi connectivity index (χ0) is 20.4. The van der Waals surface area contributed by atoms with Gasteiger partial charge in [-0.15, -0.1) is 0 Å². The minimum atomic E-state index is -0.161. The van der Waals surface area contributed by atoms with Crippen molar-refractivity contribution in [1.29, 1.82) is 0 Å². The van der Waals surface area contributed by atoms with Crippen molar-refractivity contribution < 1.29 is 9.53 Å². The lowest BCUT2D eigenvalue weighted by atomic mass is 9.94. The molecule has 7 nitrogen and oxygen atoms in total. The average Bonchev–Trinajstić information content (AvgIpc) is 3.20. The summed E-state index contributed by atoms with van der Waals surface area (Å²) in [5.74, 6) is 0.429. The van der Waals surface area contributed by atoms with Gasteiger partial charge in [-0.1, -0.05) is 6.07 Å². The van der Waals surface area contributed by atoms with E-state index in [1.165, 1.54) is 0 Å². The number of morpholine rings is 1. The first-order valence-corrected chi connectivity index (χ1v) is 10.6. The van der Waals surface area contributed by atoms with Crippen LogP contribution >= 0.6 is 0 Å². The number of carbonyl (C=O) groups is 1. The Bertz CT molecular complexity index is 824. The smallest absolute Gasteiger partial charge is 0.225 e. The Morgan fingerprint density at radius 2 is 1.93 bits per heavy atom. The Hall–Kier alpha value is -2.25. The number of pyridine rings is 1. The van der Waals surface area contributed by atoms with E-state index in [0.29, 0.717) is 25.7 Å². The molecule has 2 fully saturated rings. The zero-order valence-corrected chi connectivity index (χ0v) is 17.6. The van der Waals surface area contributed by atoms with Crippen LogP contribution in [0.1, 0.15) is 38.5 Å². The fraction of sp³-hybridized carbons (Fsp3) is 0.591. The average molecular weight is 398 g/mol. The van der Waals surface area contributed by atoms with E-state index in [-0.39, 0.29) is 17.9 Å². The monoisotopic (exact) mass is 397 g/mol. The molecule has 4 heterocycles. The van der Waals surface area contributed by atoms with E-state index in [4.69, 9.17) is 4.74 Å². The Kier molecular flexibility index (Phi) is 5.96. The van der Waals surface area contributed by atoms with Gasteiger partial charge in [-0.3, -0.25) is 14.5 Å². The summed E-state index contributed by atoms with van der Waals surface area (Å²) in [6, 6.07) is 4.60. The first-order chi connectivity index (χ1) is 14.0. The van der Waals surface area contributed by atoms with E-state index < -0.39 is 0 Å². The molecule has 7 heteroatoms. The lowest BCUT2D eigenvalue weighted by molar-refractivity contribution is -0.145. The van der Waals surface area contributed by atoms with Gasteiger partial charge in [0.05, 0.1) is 25.0 Å². The fourth-order valence-corrected chi connectivity index (χ4v) is 4.29. The molecule has 0 bridgehead atoms. The van der Waals surface area contributed by atoms with Crippen molar-refractivity contribution >= 4 is 5.91 Å². The standard InChI is InChI=1S/C22H31N5O2/c1-16(2)26-8-6-17(7-9-26)22(28)27-10-11-29-21(15-27)20-5-4-18(12-23-20)19-13-24-25(3)14-19/h4-5,12-14,16-17,21H,6-11,15H2,1-3H3/t21-/m1/s1. The molecule has 2 aromatic rings. The number of aromatic nitrogens is 3. The van der Waals surface area contributed by atoms with Gasteiger partial charge < -0.3 is 14.5 Å². The SMILES string of the molecule is CC(C)N1CCC(C(=O)N2CCO[C@@H](c3ccc(-c4cnn(C)c4)cn3)C2)CC1. The summed E-state index contributed by atoms with van der Waals surface area (Å²) in [6.45, 7) is 8.30. The van der Waals surface area contributed by atoms with Crippen molar-refractivity contribution in [3.8, 4) is 11.1 Å². The molecule has 1 atom stereocenters. The van der Waals surface area contributed by atoms with Gasteiger partial charge in [-0.25, -0.2) is 0 Å². The van der Waals surface area contributed by atoms with Crippen LogP contribution in [0.4, 0.5) is 0 Å². The summed E-state index contributed by atoms with van der Waals surface area (Å²) in [5.41, 5.74) is 2.95. The number of aryl methyl sites for hydroxylation is 1. The molecule has 0 radical (unpaired) electrons. The highest BCUT2D eigenvalue weighted by Gasteiger charge is 2.33. The largest absolute Gasteiger partial charge is 0.368 e. The van der Waals surface area contributed by atoms with Gasteiger partial charge in [0.15, 0.2) is 0 Å². The van der Waals surface area contributed by atoms with Crippen LogP contribution in [-0.4, -0.2) is 69.3 Å². The van der Waals surface area contributed by atoms with Crippen LogP contribution in [0.15, 0.2) is 30.7 Å². The maximum Gasteiger partial charge on any atom is 0.225 e. The molecular weight excluding hydrogens is 366 g/mol. The number of hydrogen-bond donors (Lipinski definition) is 0. The van der Waals surface area contributed by atoms with Crippen LogP contribution in [0.5, 0.6) is 0 Å². The Balaban J connectivity index is 1.37. The molecule has 0 aliphatic carbocycles. The molecule has 0 unspecified atom stereocenters. The summed E-state index contributed by atoms with van der Waals surface area (Å²) in [6.07, 6.45) is 7.41. The van der Waals surface area contributed by atoms with Gasteiger partial charge >= 0.3 is 0 Å². The normalized spacial score (nSPS) is 21.7. The number of ether oxygens (including phenoxy) is 1. The van der Waals surface area contributed by atoms with Gasteiger partial charge in [0.25, 0.3) is 0 Å². The lowest BCUT2D eigenvalue weighted by Gasteiger charge is -2.38. The minimum Gasteiger partial charge on any atom is -0.368 e. The Morgan fingerprint density at radius 1 is 1.14 bits per heavy atom. The maximum absolute atomic E-state index is 13.1. The lowest BCUT2D eigenvalue weighted by Crippen LogP contribution is -2.48. The summed E-state index contributed by atoms with van der Waals surface area (Å²) >= 11 is 0. The molecule has 0 N–H and O–H groups in total. The second-order valence-electron chi connectivity index (χ2n) is 8.42. The number of carbonyl (C=O) groups excluding carboxylic acids is 1. The molecule has 2 aliphatic heterocycles. The molecule has 1 amide bonds. The second kappa shape index (κ2) is 8.63. The number of amides is 1. The highest BCUT2D eigenvalue weighted by Crippen LogP contribution is 2.27. The second-order valence-corrected chi connectivity index (χ2v) is 8.42. The topological polar surface area (TPSA) is 63.5 Å². The van der Waals surface area contributed by atoms with Crippen LogP contribution in [-0.2, 0) is 16.6 Å². The molecule has 29 heavy (non-hydrogen) atoms. The molecular formula is C22H31N5O2.